The predicted octanol–water partition coefficient (Wildman–Crippen LogP) is 2.38. The monoisotopic (exact) mass is 259 g/mol. The molecule has 1 unspecified atom stereocenters. The van der Waals surface area contributed by atoms with E-state index in [0.29, 0.717) is 18.7 Å². The van der Waals surface area contributed by atoms with E-state index in [-0.39, 0.29) is 18.6 Å². The van der Waals surface area contributed by atoms with E-state index in [9.17, 15) is 8.78 Å². The average molecular weight is 259 g/mol. The summed E-state index contributed by atoms with van der Waals surface area (Å²) in [4.78, 5) is 0. The smallest absolute Gasteiger partial charge is 0.162 e. The van der Waals surface area contributed by atoms with Crippen LogP contribution in [0.4, 0.5) is 8.78 Å². The molecule has 0 radical (unpaired) electrons. The van der Waals surface area contributed by atoms with Gasteiger partial charge >= 0.3 is 0 Å². The maximum atomic E-state index is 14.7. The molecule has 0 saturated carbocycles. The van der Waals surface area contributed by atoms with E-state index in [4.69, 9.17) is 15.2 Å². The molecule has 0 saturated heterocycles. The highest BCUT2D eigenvalue weighted by Crippen LogP contribution is 2.34. The van der Waals surface area contributed by atoms with E-state index >= 15 is 0 Å². The van der Waals surface area contributed by atoms with Gasteiger partial charge in [0, 0.05) is 18.7 Å². The van der Waals surface area contributed by atoms with Crippen molar-refractivity contribution >= 4 is 0 Å². The van der Waals surface area contributed by atoms with Crippen LogP contribution in [0.1, 0.15) is 18.4 Å². The minimum atomic E-state index is -1.86. The zero-order valence-corrected chi connectivity index (χ0v) is 10.7. The molecule has 0 amide bonds. The summed E-state index contributed by atoms with van der Waals surface area (Å²) in [6, 6.07) is 4.09. The molecule has 1 rings (SSSR count). The van der Waals surface area contributed by atoms with E-state index in [1.165, 1.54) is 32.4 Å². The summed E-state index contributed by atoms with van der Waals surface area (Å²) >= 11 is 0. The Kier molecular flexibility index (Phi) is 5.50. The number of methoxy groups -OCH3 is 2. The molecular formula is C13H19F2NO2. The van der Waals surface area contributed by atoms with Crippen LogP contribution in [-0.4, -0.2) is 27.4 Å². The van der Waals surface area contributed by atoms with Crippen molar-refractivity contribution in [2.45, 2.75) is 18.5 Å². The first-order valence-corrected chi connectivity index (χ1v) is 5.79. The molecule has 0 aliphatic rings. The highest BCUT2D eigenvalue weighted by Gasteiger charge is 2.34. The van der Waals surface area contributed by atoms with Gasteiger partial charge in [-0.25, -0.2) is 8.78 Å². The molecule has 2 N–H and O–H groups in total. The van der Waals surface area contributed by atoms with Crippen molar-refractivity contribution in [3.05, 3.63) is 29.6 Å². The summed E-state index contributed by atoms with van der Waals surface area (Å²) in [6.45, 7) is 0.156. The Morgan fingerprint density at radius 1 is 1.33 bits per heavy atom. The molecule has 0 aromatic heterocycles. The van der Waals surface area contributed by atoms with Crippen LogP contribution in [0, 0.1) is 5.82 Å². The van der Waals surface area contributed by atoms with Gasteiger partial charge < -0.3 is 15.2 Å². The van der Waals surface area contributed by atoms with Crippen LogP contribution in [0.25, 0.3) is 0 Å². The van der Waals surface area contributed by atoms with Gasteiger partial charge in [-0.05, 0) is 31.5 Å². The minimum absolute atomic E-state index is 0.0152. The molecule has 5 heteroatoms. The van der Waals surface area contributed by atoms with Crippen molar-refractivity contribution in [3.63, 3.8) is 0 Å². The lowest BCUT2D eigenvalue weighted by atomic mass is 9.91. The Labute approximate surface area is 106 Å². The molecule has 3 nitrogen and oxygen atoms in total. The second-order valence-electron chi connectivity index (χ2n) is 4.14. The van der Waals surface area contributed by atoms with Gasteiger partial charge in [-0.15, -0.1) is 0 Å². The van der Waals surface area contributed by atoms with E-state index in [1.807, 2.05) is 0 Å². The van der Waals surface area contributed by atoms with Gasteiger partial charge in [0.05, 0.1) is 13.7 Å². The Balaban J connectivity index is 3.04. The highest BCUT2D eigenvalue weighted by atomic mass is 19.1. The topological polar surface area (TPSA) is 44.5 Å². The van der Waals surface area contributed by atoms with Crippen molar-refractivity contribution in [2.24, 2.45) is 5.73 Å². The number of ether oxygens (including phenoxy) is 2. The van der Waals surface area contributed by atoms with Crippen LogP contribution >= 0.6 is 0 Å². The maximum absolute atomic E-state index is 14.7. The minimum Gasteiger partial charge on any atom is -0.497 e. The molecule has 0 bridgehead atoms. The standard InChI is InChI=1S/C13H19F2NO2/c1-17-9-13(15,6-3-7-16)11-5-4-10(18-2)8-12(11)14/h4-5,8H,3,6-7,9,16H2,1-2H3. The van der Waals surface area contributed by atoms with Crippen LogP contribution in [0.15, 0.2) is 18.2 Å². The second kappa shape index (κ2) is 6.66. The molecule has 1 atom stereocenters. The summed E-state index contributed by atoms with van der Waals surface area (Å²) in [7, 11) is 2.82. The van der Waals surface area contributed by atoms with Gasteiger partial charge in [-0.3, -0.25) is 0 Å². The van der Waals surface area contributed by atoms with Gasteiger partial charge in [0.1, 0.15) is 11.6 Å². The lowest BCUT2D eigenvalue weighted by molar-refractivity contribution is 0.0277. The van der Waals surface area contributed by atoms with Crippen molar-refractivity contribution < 1.29 is 18.3 Å². The fourth-order valence-corrected chi connectivity index (χ4v) is 1.88. The molecule has 0 aliphatic heterocycles. The summed E-state index contributed by atoms with van der Waals surface area (Å²) in [5.41, 5.74) is 3.50. The van der Waals surface area contributed by atoms with Gasteiger partial charge in [-0.1, -0.05) is 0 Å². The number of alkyl halides is 1. The van der Waals surface area contributed by atoms with Gasteiger partial charge in [0.2, 0.25) is 0 Å². The molecular weight excluding hydrogens is 240 g/mol. The first-order chi connectivity index (χ1) is 8.57. The van der Waals surface area contributed by atoms with Gasteiger partial charge in [0.25, 0.3) is 0 Å². The maximum Gasteiger partial charge on any atom is 0.162 e. The normalized spacial score (nSPS) is 14.3. The molecule has 0 fully saturated rings. The number of halogens is 2. The fourth-order valence-electron chi connectivity index (χ4n) is 1.88. The molecule has 102 valence electrons. The first kappa shape index (κ1) is 14.9. The Bertz CT molecular complexity index is 387. The zero-order valence-electron chi connectivity index (χ0n) is 10.7. The van der Waals surface area contributed by atoms with E-state index < -0.39 is 11.5 Å². The van der Waals surface area contributed by atoms with Crippen molar-refractivity contribution in [1.29, 1.82) is 0 Å². The van der Waals surface area contributed by atoms with Gasteiger partial charge in [-0.2, -0.15) is 0 Å². The third-order valence-electron chi connectivity index (χ3n) is 2.81. The quantitative estimate of drug-likeness (QED) is 0.817. The van der Waals surface area contributed by atoms with Crippen LogP contribution < -0.4 is 10.5 Å². The summed E-state index contributed by atoms with van der Waals surface area (Å²) < 4.78 is 38.4. The summed E-state index contributed by atoms with van der Waals surface area (Å²) in [5.74, 6) is -0.277. The number of benzene rings is 1. The van der Waals surface area contributed by atoms with Crippen LogP contribution in [0.2, 0.25) is 0 Å². The van der Waals surface area contributed by atoms with E-state index in [2.05, 4.69) is 0 Å². The third kappa shape index (κ3) is 3.40. The molecule has 1 aromatic carbocycles. The van der Waals surface area contributed by atoms with Crippen molar-refractivity contribution in [1.82, 2.24) is 0 Å². The highest BCUT2D eigenvalue weighted by molar-refractivity contribution is 5.32. The molecule has 0 spiro atoms. The number of hydrogen-bond donors (Lipinski definition) is 1. The first-order valence-electron chi connectivity index (χ1n) is 5.79. The molecule has 1 aromatic rings. The lowest BCUT2D eigenvalue weighted by Gasteiger charge is -2.25. The van der Waals surface area contributed by atoms with Crippen molar-refractivity contribution in [3.8, 4) is 5.75 Å². The molecule has 0 aliphatic carbocycles. The number of nitrogens with two attached hydrogens (primary N) is 1. The fraction of sp³-hybridized carbons (Fsp3) is 0.538. The average Bonchev–Trinajstić information content (AvgIpc) is 2.36. The second-order valence-corrected chi connectivity index (χ2v) is 4.14. The molecule has 18 heavy (non-hydrogen) atoms. The SMILES string of the molecule is COCC(F)(CCCN)c1ccc(OC)cc1F. The summed E-state index contributed by atoms with van der Waals surface area (Å²) in [5, 5.41) is 0. The van der Waals surface area contributed by atoms with Gasteiger partial charge in [0.15, 0.2) is 5.67 Å². The Hall–Kier alpha value is -1.20. The number of rotatable bonds is 7. The lowest BCUT2D eigenvalue weighted by Crippen LogP contribution is -2.28. The largest absolute Gasteiger partial charge is 0.497 e. The molecule has 0 heterocycles. The van der Waals surface area contributed by atoms with E-state index in [1.54, 1.807) is 0 Å². The van der Waals surface area contributed by atoms with Crippen molar-refractivity contribution in [2.75, 3.05) is 27.4 Å². The predicted molar refractivity (Wildman–Crippen MR) is 65.9 cm³/mol. The van der Waals surface area contributed by atoms with Crippen LogP contribution in [-0.2, 0) is 10.4 Å². The Morgan fingerprint density at radius 2 is 2.06 bits per heavy atom. The zero-order chi connectivity index (χ0) is 13.6. The number of hydrogen-bond acceptors (Lipinski definition) is 3. The summed E-state index contributed by atoms with van der Waals surface area (Å²) in [6.07, 6.45) is 0.589. The van der Waals surface area contributed by atoms with Crippen LogP contribution in [0.5, 0.6) is 5.75 Å². The van der Waals surface area contributed by atoms with Crippen LogP contribution in [0.3, 0.4) is 0 Å². The third-order valence-corrected chi connectivity index (χ3v) is 2.81. The van der Waals surface area contributed by atoms with E-state index in [0.717, 1.165) is 0 Å². The Morgan fingerprint density at radius 3 is 2.56 bits per heavy atom.